The molecule has 3 heteroatoms. The topological polar surface area (TPSA) is 0 Å². The SMILES string of the molecule is C[N+](C)(C)Cc1ccccc1.Cl.[Cl-]. The Morgan fingerprint density at radius 1 is 1.00 bits per heavy atom. The van der Waals surface area contributed by atoms with Gasteiger partial charge in [0.2, 0.25) is 0 Å². The van der Waals surface area contributed by atoms with E-state index in [4.69, 9.17) is 0 Å². The molecule has 0 N–H and O–H groups in total. The normalized spacial score (nSPS) is 9.77. The fourth-order valence-corrected chi connectivity index (χ4v) is 1.13. The number of hydrogen-bond donors (Lipinski definition) is 0. The van der Waals surface area contributed by atoms with Gasteiger partial charge in [0, 0.05) is 5.56 Å². The lowest BCUT2D eigenvalue weighted by Crippen LogP contribution is -3.00. The minimum atomic E-state index is 0. The smallest absolute Gasteiger partial charge is 0.104 e. The van der Waals surface area contributed by atoms with Gasteiger partial charge in [-0.3, -0.25) is 0 Å². The van der Waals surface area contributed by atoms with Gasteiger partial charge in [-0.2, -0.15) is 0 Å². The van der Waals surface area contributed by atoms with Gasteiger partial charge in [-0.05, 0) is 0 Å². The number of nitrogens with zero attached hydrogens (tertiary/aromatic N) is 1. The molecule has 13 heavy (non-hydrogen) atoms. The number of rotatable bonds is 2. The molecule has 1 aromatic carbocycles. The van der Waals surface area contributed by atoms with Crippen molar-refractivity contribution in [2.75, 3.05) is 21.1 Å². The molecule has 0 radical (unpaired) electrons. The molecule has 0 fully saturated rings. The van der Waals surface area contributed by atoms with Crippen molar-refractivity contribution >= 4 is 12.4 Å². The number of hydrogen-bond acceptors (Lipinski definition) is 0. The Bertz CT molecular complexity index is 216. The zero-order valence-corrected chi connectivity index (χ0v) is 9.90. The Morgan fingerprint density at radius 2 is 1.46 bits per heavy atom. The number of halogens is 2. The zero-order chi connectivity index (χ0) is 8.32. The quantitative estimate of drug-likeness (QED) is 0.581. The van der Waals surface area contributed by atoms with Crippen LogP contribution in [0.25, 0.3) is 0 Å². The van der Waals surface area contributed by atoms with Crippen molar-refractivity contribution in [1.82, 2.24) is 0 Å². The molecule has 0 unspecified atom stereocenters. The average Bonchev–Trinajstić information content (AvgIpc) is 1.85. The largest absolute Gasteiger partial charge is 1.00 e. The van der Waals surface area contributed by atoms with Crippen LogP contribution in [0.2, 0.25) is 0 Å². The highest BCUT2D eigenvalue weighted by molar-refractivity contribution is 5.85. The van der Waals surface area contributed by atoms with E-state index >= 15 is 0 Å². The summed E-state index contributed by atoms with van der Waals surface area (Å²) in [6, 6.07) is 10.6. The van der Waals surface area contributed by atoms with Crippen LogP contribution in [-0.4, -0.2) is 25.6 Å². The van der Waals surface area contributed by atoms with E-state index in [2.05, 4.69) is 51.5 Å². The molecule has 0 aliphatic carbocycles. The van der Waals surface area contributed by atoms with Crippen LogP contribution in [0.1, 0.15) is 5.56 Å². The lowest BCUT2D eigenvalue weighted by molar-refractivity contribution is -0.884. The molecule has 0 saturated carbocycles. The predicted molar refractivity (Wildman–Crippen MR) is 55.4 cm³/mol. The maximum atomic E-state index is 2.20. The zero-order valence-electron chi connectivity index (χ0n) is 8.33. The summed E-state index contributed by atoms with van der Waals surface area (Å²) in [4.78, 5) is 0. The van der Waals surface area contributed by atoms with Crippen molar-refractivity contribution in [1.29, 1.82) is 0 Å². The van der Waals surface area contributed by atoms with Crippen LogP contribution in [0.4, 0.5) is 0 Å². The van der Waals surface area contributed by atoms with Gasteiger partial charge >= 0.3 is 0 Å². The molecule has 1 nitrogen and oxygen atoms in total. The van der Waals surface area contributed by atoms with Crippen LogP contribution in [0.3, 0.4) is 0 Å². The van der Waals surface area contributed by atoms with Gasteiger partial charge in [0.25, 0.3) is 0 Å². The van der Waals surface area contributed by atoms with Gasteiger partial charge in [-0.1, -0.05) is 30.3 Å². The predicted octanol–water partition coefficient (Wildman–Crippen LogP) is -0.681. The molecule has 0 atom stereocenters. The highest BCUT2D eigenvalue weighted by Crippen LogP contribution is 2.04. The molecule has 0 bridgehead atoms. The Morgan fingerprint density at radius 3 is 1.85 bits per heavy atom. The molecular weight excluding hydrogens is 205 g/mol. The molecule has 0 spiro atoms. The second-order valence-electron chi connectivity index (χ2n) is 3.93. The van der Waals surface area contributed by atoms with Crippen LogP contribution in [0.15, 0.2) is 30.3 Å². The number of benzene rings is 1. The first-order valence-corrected chi connectivity index (χ1v) is 3.92. The summed E-state index contributed by atoms with van der Waals surface area (Å²) in [5.74, 6) is 0. The van der Waals surface area contributed by atoms with E-state index < -0.39 is 0 Å². The van der Waals surface area contributed by atoms with Crippen LogP contribution in [0.5, 0.6) is 0 Å². The summed E-state index contributed by atoms with van der Waals surface area (Å²) >= 11 is 0. The van der Waals surface area contributed by atoms with E-state index in [1.165, 1.54) is 5.56 Å². The third-order valence-corrected chi connectivity index (χ3v) is 1.50. The maximum absolute atomic E-state index is 2.20. The second kappa shape index (κ2) is 6.25. The van der Waals surface area contributed by atoms with Gasteiger partial charge in [0.1, 0.15) is 6.54 Å². The monoisotopic (exact) mass is 221 g/mol. The maximum Gasteiger partial charge on any atom is 0.104 e. The highest BCUT2D eigenvalue weighted by atomic mass is 35.5. The van der Waals surface area contributed by atoms with Crippen LogP contribution in [-0.2, 0) is 6.54 Å². The molecule has 1 aromatic rings. The fraction of sp³-hybridized carbons (Fsp3) is 0.400. The fourth-order valence-electron chi connectivity index (χ4n) is 1.13. The lowest BCUT2D eigenvalue weighted by atomic mass is 10.2. The third-order valence-electron chi connectivity index (χ3n) is 1.50. The second-order valence-corrected chi connectivity index (χ2v) is 3.93. The summed E-state index contributed by atoms with van der Waals surface area (Å²) in [5.41, 5.74) is 1.40. The van der Waals surface area contributed by atoms with Crippen LogP contribution < -0.4 is 12.4 Å². The first kappa shape index (κ1) is 15.2. The average molecular weight is 222 g/mol. The Labute approximate surface area is 93.2 Å². The Balaban J connectivity index is 0. The molecular formula is C10H17Cl2N. The number of quaternary nitrogens is 1. The minimum Gasteiger partial charge on any atom is -1.00 e. The van der Waals surface area contributed by atoms with Gasteiger partial charge in [0.05, 0.1) is 21.1 Å². The van der Waals surface area contributed by atoms with Crippen molar-refractivity contribution in [3.63, 3.8) is 0 Å². The minimum absolute atomic E-state index is 0. The molecule has 0 saturated heterocycles. The first-order chi connectivity index (χ1) is 5.08. The van der Waals surface area contributed by atoms with E-state index in [1.807, 2.05) is 0 Å². The van der Waals surface area contributed by atoms with Crippen molar-refractivity contribution in [2.45, 2.75) is 6.54 Å². The van der Waals surface area contributed by atoms with E-state index in [-0.39, 0.29) is 24.8 Å². The molecule has 0 aliphatic heterocycles. The van der Waals surface area contributed by atoms with Gasteiger partial charge in [-0.25, -0.2) is 0 Å². The molecule has 0 amide bonds. The molecule has 1 rings (SSSR count). The molecule has 76 valence electrons. The summed E-state index contributed by atoms with van der Waals surface area (Å²) in [7, 11) is 6.60. The Kier molecular flexibility index (Phi) is 7.33. The Hall–Kier alpha value is -0.240. The van der Waals surface area contributed by atoms with Crippen molar-refractivity contribution in [3.05, 3.63) is 35.9 Å². The first-order valence-electron chi connectivity index (χ1n) is 3.92. The molecule has 0 heterocycles. The highest BCUT2D eigenvalue weighted by Gasteiger charge is 2.06. The lowest BCUT2D eigenvalue weighted by Gasteiger charge is -2.23. The van der Waals surface area contributed by atoms with Crippen molar-refractivity contribution in [2.24, 2.45) is 0 Å². The molecule has 0 aliphatic rings. The third kappa shape index (κ3) is 6.88. The summed E-state index contributed by atoms with van der Waals surface area (Å²) in [6.07, 6.45) is 0. The summed E-state index contributed by atoms with van der Waals surface area (Å²) < 4.78 is 0.990. The van der Waals surface area contributed by atoms with Gasteiger partial charge in [0.15, 0.2) is 0 Å². The standard InChI is InChI=1S/C10H16N.2ClH/c1-11(2,3)9-10-7-5-4-6-8-10;;/h4-8H,9H2,1-3H3;2*1H/q+1;;/p-1. The molecule has 0 aromatic heterocycles. The van der Waals surface area contributed by atoms with E-state index in [0.717, 1.165) is 11.0 Å². The van der Waals surface area contributed by atoms with Crippen LogP contribution >= 0.6 is 12.4 Å². The van der Waals surface area contributed by atoms with E-state index in [1.54, 1.807) is 0 Å². The van der Waals surface area contributed by atoms with Crippen LogP contribution in [0, 0.1) is 0 Å². The van der Waals surface area contributed by atoms with Gasteiger partial charge in [-0.15, -0.1) is 12.4 Å². The van der Waals surface area contributed by atoms with Crippen molar-refractivity contribution in [3.8, 4) is 0 Å². The van der Waals surface area contributed by atoms with E-state index in [0.29, 0.717) is 0 Å². The summed E-state index contributed by atoms with van der Waals surface area (Å²) in [6.45, 7) is 1.10. The van der Waals surface area contributed by atoms with Gasteiger partial charge < -0.3 is 16.9 Å². The van der Waals surface area contributed by atoms with Crippen molar-refractivity contribution < 1.29 is 16.9 Å². The summed E-state index contributed by atoms with van der Waals surface area (Å²) in [5, 5.41) is 0. The van der Waals surface area contributed by atoms with E-state index in [9.17, 15) is 0 Å².